The molecule has 104 valence electrons. The lowest BCUT2D eigenvalue weighted by Gasteiger charge is -2.17. The highest BCUT2D eigenvalue weighted by molar-refractivity contribution is 6.02. The maximum atomic E-state index is 4.58. The first-order valence-electron chi connectivity index (χ1n) is 7.10. The van der Waals surface area contributed by atoms with Crippen molar-refractivity contribution in [2.24, 2.45) is 4.99 Å². The number of hydrogen-bond donors (Lipinski definition) is 1. The van der Waals surface area contributed by atoms with Crippen LogP contribution in [0.3, 0.4) is 0 Å². The van der Waals surface area contributed by atoms with Gasteiger partial charge < -0.3 is 5.32 Å². The average molecular weight is 277 g/mol. The number of benzene rings is 1. The molecule has 0 aliphatic carbocycles. The molecule has 4 rings (SSSR count). The Balaban J connectivity index is 1.91. The molecule has 1 aliphatic heterocycles. The molecule has 0 amide bonds. The van der Waals surface area contributed by atoms with Gasteiger partial charge in [0.25, 0.3) is 0 Å². The number of aromatic nitrogens is 3. The summed E-state index contributed by atoms with van der Waals surface area (Å²) in [5.74, 6) is 1.78. The molecule has 0 fully saturated rings. The van der Waals surface area contributed by atoms with Crippen LogP contribution in [0.25, 0.3) is 16.9 Å². The zero-order valence-electron chi connectivity index (χ0n) is 11.5. The largest absolute Gasteiger partial charge is 0.370 e. The monoisotopic (exact) mass is 277 g/mol. The standard InChI is InChI=1S/C16H15N5/c1-2-7-14-13(6-1)20-11-21(14)16-12(5-3-8-19-16)15-17-9-4-10-18-15/h1-3,5-8,11H,4,9-10H2,(H,17,18). The molecule has 2 aromatic heterocycles. The molecule has 3 aromatic rings. The third kappa shape index (κ3) is 2.07. The fourth-order valence-electron chi connectivity index (χ4n) is 2.61. The van der Waals surface area contributed by atoms with Gasteiger partial charge in [-0.3, -0.25) is 9.56 Å². The Kier molecular flexibility index (Phi) is 2.88. The fraction of sp³-hybridized carbons (Fsp3) is 0.188. The molecule has 0 radical (unpaired) electrons. The van der Waals surface area contributed by atoms with E-state index in [-0.39, 0.29) is 0 Å². The van der Waals surface area contributed by atoms with Crippen LogP contribution in [-0.4, -0.2) is 33.5 Å². The predicted molar refractivity (Wildman–Crippen MR) is 82.9 cm³/mol. The second kappa shape index (κ2) is 5.01. The summed E-state index contributed by atoms with van der Waals surface area (Å²) in [4.78, 5) is 13.6. The molecular formula is C16H15N5. The number of hydrogen-bond acceptors (Lipinski definition) is 4. The van der Waals surface area contributed by atoms with E-state index < -0.39 is 0 Å². The second-order valence-corrected chi connectivity index (χ2v) is 4.99. The molecule has 1 aromatic carbocycles. The molecule has 1 N–H and O–H groups in total. The molecule has 0 atom stereocenters. The van der Waals surface area contributed by atoms with Crippen LogP contribution in [0.5, 0.6) is 0 Å². The quantitative estimate of drug-likeness (QED) is 0.781. The van der Waals surface area contributed by atoms with Gasteiger partial charge in [-0.15, -0.1) is 0 Å². The number of fused-ring (bicyclic) bond motifs is 1. The number of nitrogens with zero attached hydrogens (tertiary/aromatic N) is 4. The van der Waals surface area contributed by atoms with Crippen molar-refractivity contribution >= 4 is 16.9 Å². The smallest absolute Gasteiger partial charge is 0.149 e. The Labute approximate surface area is 122 Å². The van der Waals surface area contributed by atoms with Crippen LogP contribution in [0.15, 0.2) is 53.9 Å². The zero-order chi connectivity index (χ0) is 14.1. The lowest BCUT2D eigenvalue weighted by molar-refractivity contribution is 0.741. The SMILES string of the molecule is c1cnc(-n2cnc3ccccc32)c(C2=NCCCN2)c1. The van der Waals surface area contributed by atoms with Gasteiger partial charge in [0.05, 0.1) is 16.6 Å². The number of para-hydroxylation sites is 2. The summed E-state index contributed by atoms with van der Waals surface area (Å²) in [6, 6.07) is 12.1. The minimum Gasteiger partial charge on any atom is -0.370 e. The van der Waals surface area contributed by atoms with E-state index in [4.69, 9.17) is 0 Å². The Bertz CT molecular complexity index is 818. The molecule has 0 spiro atoms. The van der Waals surface area contributed by atoms with Gasteiger partial charge in [-0.05, 0) is 30.7 Å². The van der Waals surface area contributed by atoms with Crippen LogP contribution < -0.4 is 5.32 Å². The van der Waals surface area contributed by atoms with Gasteiger partial charge in [-0.25, -0.2) is 9.97 Å². The Morgan fingerprint density at radius 1 is 1.05 bits per heavy atom. The minimum absolute atomic E-state index is 0.861. The molecular weight excluding hydrogens is 262 g/mol. The van der Waals surface area contributed by atoms with Crippen LogP contribution in [0.4, 0.5) is 0 Å². The van der Waals surface area contributed by atoms with E-state index in [1.807, 2.05) is 41.2 Å². The van der Waals surface area contributed by atoms with E-state index in [1.54, 1.807) is 6.20 Å². The fourth-order valence-corrected chi connectivity index (χ4v) is 2.61. The molecule has 5 nitrogen and oxygen atoms in total. The van der Waals surface area contributed by atoms with Gasteiger partial charge >= 0.3 is 0 Å². The van der Waals surface area contributed by atoms with Crippen molar-refractivity contribution in [2.45, 2.75) is 6.42 Å². The Hall–Kier alpha value is -2.69. The van der Waals surface area contributed by atoms with Gasteiger partial charge in [-0.1, -0.05) is 12.1 Å². The molecule has 0 saturated carbocycles. The summed E-state index contributed by atoms with van der Waals surface area (Å²) in [6.07, 6.45) is 4.70. The van der Waals surface area contributed by atoms with E-state index in [1.165, 1.54) is 0 Å². The van der Waals surface area contributed by atoms with Crippen LogP contribution in [0.2, 0.25) is 0 Å². The van der Waals surface area contributed by atoms with E-state index in [9.17, 15) is 0 Å². The van der Waals surface area contributed by atoms with Crippen LogP contribution in [0.1, 0.15) is 12.0 Å². The van der Waals surface area contributed by atoms with Crippen LogP contribution in [0, 0.1) is 0 Å². The van der Waals surface area contributed by atoms with Crippen LogP contribution >= 0.6 is 0 Å². The topological polar surface area (TPSA) is 55.1 Å². The van der Waals surface area contributed by atoms with Gasteiger partial charge in [0.15, 0.2) is 0 Å². The average Bonchev–Trinajstić information content (AvgIpc) is 3.00. The molecule has 3 heterocycles. The number of rotatable bonds is 2. The first kappa shape index (κ1) is 12.1. The first-order chi connectivity index (χ1) is 10.4. The van der Waals surface area contributed by atoms with Crippen molar-refractivity contribution in [3.63, 3.8) is 0 Å². The zero-order valence-corrected chi connectivity index (χ0v) is 11.5. The van der Waals surface area contributed by atoms with E-state index in [0.717, 1.165) is 47.8 Å². The van der Waals surface area contributed by atoms with Crippen molar-refractivity contribution in [1.29, 1.82) is 0 Å². The van der Waals surface area contributed by atoms with E-state index in [0.29, 0.717) is 0 Å². The Morgan fingerprint density at radius 3 is 2.90 bits per heavy atom. The van der Waals surface area contributed by atoms with E-state index in [2.05, 4.69) is 26.3 Å². The number of aliphatic imine (C=N–C) groups is 1. The molecule has 5 heteroatoms. The maximum Gasteiger partial charge on any atom is 0.149 e. The number of amidine groups is 1. The summed E-state index contributed by atoms with van der Waals surface area (Å²) < 4.78 is 2.02. The van der Waals surface area contributed by atoms with Crippen LogP contribution in [-0.2, 0) is 0 Å². The summed E-state index contributed by atoms with van der Waals surface area (Å²) in [7, 11) is 0. The normalized spacial score (nSPS) is 14.8. The number of nitrogens with one attached hydrogen (secondary N) is 1. The minimum atomic E-state index is 0.861. The third-order valence-corrected chi connectivity index (χ3v) is 3.62. The summed E-state index contributed by atoms with van der Waals surface area (Å²) in [6.45, 7) is 1.82. The summed E-state index contributed by atoms with van der Waals surface area (Å²) >= 11 is 0. The summed E-state index contributed by atoms with van der Waals surface area (Å²) in [5.41, 5.74) is 3.03. The highest BCUT2D eigenvalue weighted by Gasteiger charge is 2.15. The molecule has 21 heavy (non-hydrogen) atoms. The van der Waals surface area contributed by atoms with Crippen molar-refractivity contribution in [3.8, 4) is 5.82 Å². The highest BCUT2D eigenvalue weighted by atomic mass is 15.1. The molecule has 0 saturated heterocycles. The lowest BCUT2D eigenvalue weighted by Crippen LogP contribution is -2.31. The van der Waals surface area contributed by atoms with Crippen molar-refractivity contribution in [3.05, 3.63) is 54.5 Å². The molecule has 1 aliphatic rings. The first-order valence-corrected chi connectivity index (χ1v) is 7.10. The van der Waals surface area contributed by atoms with Gasteiger partial charge in [0.2, 0.25) is 0 Å². The highest BCUT2D eigenvalue weighted by Crippen LogP contribution is 2.19. The lowest BCUT2D eigenvalue weighted by atomic mass is 10.2. The third-order valence-electron chi connectivity index (χ3n) is 3.62. The van der Waals surface area contributed by atoms with E-state index >= 15 is 0 Å². The molecule has 0 bridgehead atoms. The van der Waals surface area contributed by atoms with Crippen molar-refractivity contribution in [2.75, 3.05) is 13.1 Å². The predicted octanol–water partition coefficient (Wildman–Crippen LogP) is 2.16. The second-order valence-electron chi connectivity index (χ2n) is 4.99. The van der Waals surface area contributed by atoms with Gasteiger partial charge in [0.1, 0.15) is 18.0 Å². The molecule has 0 unspecified atom stereocenters. The summed E-state index contributed by atoms with van der Waals surface area (Å²) in [5, 5.41) is 3.36. The Morgan fingerprint density at radius 2 is 2.00 bits per heavy atom. The number of pyridine rings is 1. The van der Waals surface area contributed by atoms with Gasteiger partial charge in [0, 0.05) is 19.3 Å². The van der Waals surface area contributed by atoms with Crippen molar-refractivity contribution in [1.82, 2.24) is 19.9 Å². The van der Waals surface area contributed by atoms with Crippen molar-refractivity contribution < 1.29 is 0 Å². The van der Waals surface area contributed by atoms with Gasteiger partial charge in [-0.2, -0.15) is 0 Å². The maximum absolute atomic E-state index is 4.58. The number of imidazole rings is 1.